The van der Waals surface area contributed by atoms with Crippen molar-refractivity contribution in [1.29, 1.82) is 0 Å². The maximum absolute atomic E-state index is 10.9. The summed E-state index contributed by atoms with van der Waals surface area (Å²) in [6.45, 7) is 3.52. The van der Waals surface area contributed by atoms with Crippen molar-refractivity contribution in [1.82, 2.24) is 0 Å². The molecule has 0 unspecified atom stereocenters. The van der Waals surface area contributed by atoms with Gasteiger partial charge in [0, 0.05) is 0 Å². The number of hydrogen-bond donors (Lipinski definition) is 0. The van der Waals surface area contributed by atoms with Crippen LogP contribution in [0.25, 0.3) is 0 Å². The highest BCUT2D eigenvalue weighted by Gasteiger charge is 2.29. The molecule has 0 saturated carbocycles. The van der Waals surface area contributed by atoms with Crippen LogP contribution in [0.2, 0.25) is 20.1 Å². The maximum Gasteiger partial charge on any atom is 0.294 e. The first kappa shape index (κ1) is 13.8. The molecule has 3 nitrogen and oxygen atoms in total. The quantitative estimate of drug-likeness (QED) is 0.320. The van der Waals surface area contributed by atoms with E-state index < -0.39 is 4.92 Å². The molecule has 0 N–H and O–H groups in total. The largest absolute Gasteiger partial charge is 0.294 e. The lowest BCUT2D eigenvalue weighted by Gasteiger charge is -2.13. The van der Waals surface area contributed by atoms with E-state index in [1.54, 1.807) is 13.8 Å². The van der Waals surface area contributed by atoms with E-state index in [2.05, 4.69) is 0 Å². The normalized spacial score (nSPS) is 10.9. The van der Waals surface area contributed by atoms with Gasteiger partial charge in [-0.2, -0.15) is 0 Å². The van der Waals surface area contributed by atoms with Crippen molar-refractivity contribution in [2.45, 2.75) is 19.8 Å². The van der Waals surface area contributed by atoms with E-state index in [9.17, 15) is 10.1 Å². The summed E-state index contributed by atoms with van der Waals surface area (Å²) >= 11 is 23.3. The van der Waals surface area contributed by atoms with Gasteiger partial charge in [0.25, 0.3) is 5.69 Å². The Morgan fingerprint density at radius 2 is 1.44 bits per heavy atom. The third kappa shape index (κ3) is 2.23. The predicted octanol–water partition coefficient (Wildman–Crippen LogP) is 5.33. The standard InChI is InChI=1S/C9H7Cl4NO2/c1-3(2)4-5(10)6(11)7(12)8(13)9(4)14(15)16/h3H,1-2H3. The molecule has 0 radical (unpaired) electrons. The monoisotopic (exact) mass is 301 g/mol. The third-order valence-corrected chi connectivity index (χ3v) is 3.84. The Hall–Kier alpha value is -0.220. The predicted molar refractivity (Wildman–Crippen MR) is 67.2 cm³/mol. The first-order chi connectivity index (χ1) is 7.29. The van der Waals surface area contributed by atoms with Crippen LogP contribution in [-0.2, 0) is 0 Å². The second kappa shape index (κ2) is 4.96. The highest BCUT2D eigenvalue weighted by Crippen LogP contribution is 2.47. The van der Waals surface area contributed by atoms with Gasteiger partial charge in [-0.15, -0.1) is 0 Å². The molecule has 1 aromatic carbocycles. The fraction of sp³-hybridized carbons (Fsp3) is 0.333. The first-order valence-electron chi connectivity index (χ1n) is 4.29. The highest BCUT2D eigenvalue weighted by atomic mass is 35.5. The maximum atomic E-state index is 10.9. The van der Waals surface area contributed by atoms with E-state index in [4.69, 9.17) is 46.4 Å². The lowest BCUT2D eigenvalue weighted by atomic mass is 10.0. The lowest BCUT2D eigenvalue weighted by Crippen LogP contribution is -2.00. The Morgan fingerprint density at radius 1 is 1.00 bits per heavy atom. The summed E-state index contributed by atoms with van der Waals surface area (Å²) in [5, 5.41) is 10.8. The van der Waals surface area contributed by atoms with Crippen LogP contribution in [0.3, 0.4) is 0 Å². The molecular formula is C9H7Cl4NO2. The molecule has 7 heteroatoms. The lowest BCUT2D eigenvalue weighted by molar-refractivity contribution is -0.385. The van der Waals surface area contributed by atoms with E-state index in [1.165, 1.54) is 0 Å². The summed E-state index contributed by atoms with van der Waals surface area (Å²) in [5.74, 6) is -0.180. The van der Waals surface area contributed by atoms with Gasteiger partial charge in [-0.05, 0) is 5.92 Å². The van der Waals surface area contributed by atoms with Gasteiger partial charge >= 0.3 is 0 Å². The average molecular weight is 303 g/mol. The smallest absolute Gasteiger partial charge is 0.258 e. The van der Waals surface area contributed by atoms with Crippen molar-refractivity contribution < 1.29 is 4.92 Å². The summed E-state index contributed by atoms with van der Waals surface area (Å²) in [4.78, 5) is 10.3. The zero-order chi connectivity index (χ0) is 12.6. The van der Waals surface area contributed by atoms with Gasteiger partial charge in [0.1, 0.15) is 5.02 Å². The second-order valence-corrected chi connectivity index (χ2v) is 4.94. The molecule has 0 aliphatic heterocycles. The summed E-state index contributed by atoms with van der Waals surface area (Å²) in [5.41, 5.74) is 0.0159. The summed E-state index contributed by atoms with van der Waals surface area (Å²) in [7, 11) is 0. The molecule has 0 saturated heterocycles. The van der Waals surface area contributed by atoms with Crippen LogP contribution in [0.15, 0.2) is 0 Å². The molecule has 0 spiro atoms. The highest BCUT2D eigenvalue weighted by molar-refractivity contribution is 6.52. The van der Waals surface area contributed by atoms with E-state index in [0.29, 0.717) is 5.56 Å². The van der Waals surface area contributed by atoms with E-state index >= 15 is 0 Å². The molecule has 16 heavy (non-hydrogen) atoms. The molecule has 0 bridgehead atoms. The molecule has 0 heterocycles. The molecule has 1 aromatic rings. The Labute approximate surface area is 112 Å². The molecule has 0 amide bonds. The van der Waals surface area contributed by atoms with Gasteiger partial charge in [0.15, 0.2) is 0 Å². The second-order valence-electron chi connectivity index (χ2n) is 3.43. The van der Waals surface area contributed by atoms with Crippen molar-refractivity contribution in [2.24, 2.45) is 0 Å². The van der Waals surface area contributed by atoms with E-state index in [-0.39, 0.29) is 31.7 Å². The number of nitro benzene ring substituents is 1. The Balaban J connectivity index is 3.76. The molecule has 88 valence electrons. The molecule has 0 aliphatic carbocycles. The van der Waals surface area contributed by atoms with Crippen molar-refractivity contribution in [3.05, 3.63) is 35.8 Å². The molecule has 1 rings (SSSR count). The van der Waals surface area contributed by atoms with Crippen molar-refractivity contribution >= 4 is 52.1 Å². The van der Waals surface area contributed by atoms with Crippen LogP contribution in [-0.4, -0.2) is 4.92 Å². The number of nitrogens with zero attached hydrogens (tertiary/aromatic N) is 1. The Kier molecular flexibility index (Phi) is 4.29. The number of nitro groups is 1. The minimum absolute atomic E-state index is 0.0441. The first-order valence-corrected chi connectivity index (χ1v) is 5.80. The Morgan fingerprint density at radius 3 is 1.81 bits per heavy atom. The van der Waals surface area contributed by atoms with Crippen LogP contribution in [0.4, 0.5) is 5.69 Å². The minimum Gasteiger partial charge on any atom is -0.258 e. The van der Waals surface area contributed by atoms with Crippen LogP contribution in [0, 0.1) is 10.1 Å². The molecule has 0 aromatic heterocycles. The average Bonchev–Trinajstić information content (AvgIpc) is 2.18. The van der Waals surface area contributed by atoms with Gasteiger partial charge in [-0.25, -0.2) is 0 Å². The van der Waals surface area contributed by atoms with Gasteiger partial charge in [0.2, 0.25) is 0 Å². The van der Waals surface area contributed by atoms with Crippen molar-refractivity contribution in [3.63, 3.8) is 0 Å². The van der Waals surface area contributed by atoms with Crippen molar-refractivity contribution in [3.8, 4) is 0 Å². The molecule has 0 fully saturated rings. The third-order valence-electron chi connectivity index (χ3n) is 2.04. The topological polar surface area (TPSA) is 43.1 Å². The van der Waals surface area contributed by atoms with Crippen LogP contribution >= 0.6 is 46.4 Å². The number of hydrogen-bond acceptors (Lipinski definition) is 2. The summed E-state index contributed by atoms with van der Waals surface area (Å²) in [6, 6.07) is 0. The fourth-order valence-electron chi connectivity index (χ4n) is 1.34. The number of halogens is 4. The van der Waals surface area contributed by atoms with Crippen LogP contribution in [0.5, 0.6) is 0 Å². The number of rotatable bonds is 2. The molecule has 0 atom stereocenters. The molecular weight excluding hydrogens is 296 g/mol. The van der Waals surface area contributed by atoms with Gasteiger partial charge in [-0.3, -0.25) is 10.1 Å². The zero-order valence-electron chi connectivity index (χ0n) is 8.35. The van der Waals surface area contributed by atoms with Crippen molar-refractivity contribution in [2.75, 3.05) is 0 Å². The fourth-order valence-corrected chi connectivity index (χ4v) is 2.49. The van der Waals surface area contributed by atoms with E-state index in [1.807, 2.05) is 0 Å². The summed E-state index contributed by atoms with van der Waals surface area (Å²) < 4.78 is 0. The summed E-state index contributed by atoms with van der Waals surface area (Å²) in [6.07, 6.45) is 0. The zero-order valence-corrected chi connectivity index (χ0v) is 11.4. The molecule has 0 aliphatic rings. The minimum atomic E-state index is -0.605. The Bertz CT molecular complexity index is 460. The van der Waals surface area contributed by atoms with Crippen LogP contribution < -0.4 is 0 Å². The van der Waals surface area contributed by atoms with Crippen LogP contribution in [0.1, 0.15) is 25.3 Å². The SMILES string of the molecule is CC(C)c1c(Cl)c(Cl)c(Cl)c(Cl)c1[N+](=O)[O-]. The van der Waals surface area contributed by atoms with E-state index in [0.717, 1.165) is 0 Å². The number of benzene rings is 1. The van der Waals surface area contributed by atoms with Gasteiger partial charge in [0.05, 0.1) is 25.6 Å². The van der Waals surface area contributed by atoms with Gasteiger partial charge in [-0.1, -0.05) is 60.3 Å². The van der Waals surface area contributed by atoms with Gasteiger partial charge < -0.3 is 0 Å².